The maximum Gasteiger partial charge on any atom is 0.305 e. The summed E-state index contributed by atoms with van der Waals surface area (Å²) in [6.45, 7) is 8.81. The number of rotatable bonds is 5. The third-order valence-corrected chi connectivity index (χ3v) is 10.3. The molecule has 0 N–H and O–H groups in total. The molecular weight excluding hydrogens is 388 g/mol. The maximum atomic E-state index is 12.2. The Morgan fingerprint density at radius 3 is 2.61 bits per heavy atom. The number of methoxy groups -OCH3 is 1. The molecule has 0 aliphatic heterocycles. The molecule has 4 aliphatic rings. The summed E-state index contributed by atoms with van der Waals surface area (Å²) in [4.78, 5) is 24.0. The van der Waals surface area contributed by atoms with Crippen LogP contribution in [0.5, 0.6) is 0 Å². The Morgan fingerprint density at radius 2 is 1.90 bits per heavy atom. The van der Waals surface area contributed by atoms with Gasteiger partial charge >= 0.3 is 11.9 Å². The first kappa shape index (κ1) is 22.9. The highest BCUT2D eigenvalue weighted by molar-refractivity contribution is 5.69. The highest BCUT2D eigenvalue weighted by atomic mass is 16.5. The van der Waals surface area contributed by atoms with E-state index in [-0.39, 0.29) is 23.5 Å². The minimum Gasteiger partial charge on any atom is -0.469 e. The number of ether oxygens (including phenoxy) is 2. The van der Waals surface area contributed by atoms with E-state index in [1.54, 1.807) is 6.92 Å². The number of esters is 2. The maximum absolute atomic E-state index is 12.2. The molecule has 4 rings (SSSR count). The summed E-state index contributed by atoms with van der Waals surface area (Å²) in [6.07, 6.45) is 14.7. The average molecular weight is 431 g/mol. The number of allylic oxidation sites excluding steroid dienone is 2. The highest BCUT2D eigenvalue weighted by Crippen LogP contribution is 2.68. The molecule has 31 heavy (non-hydrogen) atoms. The topological polar surface area (TPSA) is 52.6 Å². The first-order valence-electron chi connectivity index (χ1n) is 12.6. The van der Waals surface area contributed by atoms with Crippen molar-refractivity contribution in [3.63, 3.8) is 0 Å². The Labute approximate surface area is 188 Å². The van der Waals surface area contributed by atoms with Gasteiger partial charge in [0.2, 0.25) is 0 Å². The van der Waals surface area contributed by atoms with E-state index < -0.39 is 0 Å². The van der Waals surface area contributed by atoms with Crippen molar-refractivity contribution in [3.05, 3.63) is 12.2 Å². The van der Waals surface area contributed by atoms with Crippen LogP contribution in [0.1, 0.15) is 85.5 Å². The van der Waals surface area contributed by atoms with Gasteiger partial charge in [-0.25, -0.2) is 0 Å². The Morgan fingerprint density at radius 1 is 1.13 bits per heavy atom. The van der Waals surface area contributed by atoms with Crippen molar-refractivity contribution >= 4 is 11.9 Å². The normalized spacial score (nSPS) is 44.5. The molecule has 0 heterocycles. The van der Waals surface area contributed by atoms with Crippen LogP contribution in [0.15, 0.2) is 12.2 Å². The van der Waals surface area contributed by atoms with Crippen molar-refractivity contribution in [1.82, 2.24) is 0 Å². The van der Waals surface area contributed by atoms with Gasteiger partial charge in [-0.3, -0.25) is 9.59 Å². The summed E-state index contributed by atoms with van der Waals surface area (Å²) in [7, 11) is 1.47. The molecule has 0 aromatic carbocycles. The molecule has 4 nitrogen and oxygen atoms in total. The van der Waals surface area contributed by atoms with Gasteiger partial charge in [-0.05, 0) is 92.3 Å². The minimum atomic E-state index is -0.141. The molecular formula is C27H42O4. The van der Waals surface area contributed by atoms with Gasteiger partial charge in [-0.2, -0.15) is 0 Å². The summed E-state index contributed by atoms with van der Waals surface area (Å²) in [5, 5.41) is 0. The fourth-order valence-corrected chi connectivity index (χ4v) is 8.75. The Kier molecular flexibility index (Phi) is 6.31. The van der Waals surface area contributed by atoms with E-state index in [4.69, 9.17) is 9.47 Å². The molecule has 0 saturated heterocycles. The average Bonchev–Trinajstić information content (AvgIpc) is 3.10. The second-order valence-corrected chi connectivity index (χ2v) is 11.5. The van der Waals surface area contributed by atoms with Crippen LogP contribution in [0.25, 0.3) is 0 Å². The van der Waals surface area contributed by atoms with Crippen LogP contribution >= 0.6 is 0 Å². The van der Waals surface area contributed by atoms with Gasteiger partial charge in [0.25, 0.3) is 0 Å². The second-order valence-electron chi connectivity index (χ2n) is 11.5. The Hall–Kier alpha value is -1.32. The molecule has 0 amide bonds. The first-order chi connectivity index (χ1) is 14.7. The summed E-state index contributed by atoms with van der Waals surface area (Å²) in [5.74, 6) is 3.33. The lowest BCUT2D eigenvalue weighted by Gasteiger charge is -2.61. The molecule has 4 aliphatic carbocycles. The van der Waals surface area contributed by atoms with Gasteiger partial charge in [0, 0.05) is 18.8 Å². The van der Waals surface area contributed by atoms with Gasteiger partial charge in [-0.15, -0.1) is 0 Å². The number of carbonyl (C=O) groups excluding carboxylic acids is 2. The van der Waals surface area contributed by atoms with Crippen LogP contribution in [-0.2, 0) is 19.1 Å². The summed E-state index contributed by atoms with van der Waals surface area (Å²) in [6, 6.07) is 0. The zero-order valence-corrected chi connectivity index (χ0v) is 20.2. The van der Waals surface area contributed by atoms with Crippen molar-refractivity contribution in [1.29, 1.82) is 0 Å². The molecule has 0 aromatic heterocycles. The second kappa shape index (κ2) is 8.56. The molecule has 0 aromatic rings. The highest BCUT2D eigenvalue weighted by Gasteiger charge is 2.64. The number of carbonyl (C=O) groups is 2. The van der Waals surface area contributed by atoms with Gasteiger partial charge in [0.05, 0.1) is 7.11 Å². The van der Waals surface area contributed by atoms with Crippen LogP contribution in [0, 0.1) is 46.3 Å². The Bertz CT molecular complexity index is 729. The molecule has 0 radical (unpaired) electrons. The summed E-state index contributed by atoms with van der Waals surface area (Å²) < 4.78 is 11.0. The van der Waals surface area contributed by atoms with Crippen LogP contribution < -0.4 is 0 Å². The minimum absolute atomic E-state index is 0.00851. The van der Waals surface area contributed by atoms with Crippen LogP contribution in [0.3, 0.4) is 0 Å². The molecule has 4 heteroatoms. The van der Waals surface area contributed by atoms with E-state index in [0.717, 1.165) is 18.8 Å². The fraction of sp³-hybridized carbons (Fsp3) is 0.852. The predicted molar refractivity (Wildman–Crippen MR) is 121 cm³/mol. The van der Waals surface area contributed by atoms with Crippen molar-refractivity contribution in [3.8, 4) is 0 Å². The molecule has 9 atom stereocenters. The number of hydrogen-bond acceptors (Lipinski definition) is 4. The lowest BCUT2D eigenvalue weighted by atomic mass is 9.44. The largest absolute Gasteiger partial charge is 0.469 e. The van der Waals surface area contributed by atoms with Crippen LogP contribution in [-0.4, -0.2) is 25.2 Å². The van der Waals surface area contributed by atoms with E-state index in [9.17, 15) is 9.59 Å². The van der Waals surface area contributed by atoms with E-state index in [1.165, 1.54) is 45.6 Å². The van der Waals surface area contributed by atoms with E-state index in [2.05, 4.69) is 32.9 Å². The van der Waals surface area contributed by atoms with Gasteiger partial charge in [-0.1, -0.05) is 32.9 Å². The monoisotopic (exact) mass is 430 g/mol. The van der Waals surface area contributed by atoms with Crippen molar-refractivity contribution in [2.24, 2.45) is 46.3 Å². The zero-order chi connectivity index (χ0) is 22.4. The van der Waals surface area contributed by atoms with E-state index >= 15 is 0 Å². The SMILES string of the molecule is COC(=O)CC[C@@H](C)[C@@H]1CC[C@@H]2[C@@H]3CC[C@@H]4C=CCC[C@]4(C)[C@@H]3C[C@H](OC(C)=O)[C@@]21C. The third kappa shape index (κ3) is 3.76. The summed E-state index contributed by atoms with van der Waals surface area (Å²) in [5.41, 5.74) is 0.349. The lowest BCUT2D eigenvalue weighted by Crippen LogP contribution is -2.58. The lowest BCUT2D eigenvalue weighted by molar-refractivity contribution is -0.189. The standard InChI is InChI=1S/C27H42O4/c1-17(9-14-25(29)30-5)21-12-13-22-20-11-10-19-8-6-7-15-26(19,3)23(20)16-24(27(21,22)4)31-18(2)28/h6,8,17,19-24H,7,9-16H2,1-5H3/t17-,19+,20+,21+,22-,23-,24+,26+,27-/m1/s1. The molecule has 0 bridgehead atoms. The van der Waals surface area contributed by atoms with Crippen LogP contribution in [0.2, 0.25) is 0 Å². The van der Waals surface area contributed by atoms with Crippen LogP contribution in [0.4, 0.5) is 0 Å². The van der Waals surface area contributed by atoms with Gasteiger partial charge in [0.15, 0.2) is 0 Å². The smallest absolute Gasteiger partial charge is 0.305 e. The van der Waals surface area contributed by atoms with E-state index in [1.807, 2.05) is 0 Å². The van der Waals surface area contributed by atoms with Crippen molar-refractivity contribution < 1.29 is 19.1 Å². The third-order valence-electron chi connectivity index (χ3n) is 10.3. The quantitative estimate of drug-likeness (QED) is 0.400. The zero-order valence-electron chi connectivity index (χ0n) is 20.2. The predicted octanol–water partition coefficient (Wildman–Crippen LogP) is 5.94. The Balaban J connectivity index is 1.63. The molecule has 0 unspecified atom stereocenters. The van der Waals surface area contributed by atoms with Crippen molar-refractivity contribution in [2.75, 3.05) is 7.11 Å². The fourth-order valence-electron chi connectivity index (χ4n) is 8.75. The molecule has 3 saturated carbocycles. The molecule has 3 fully saturated rings. The van der Waals surface area contributed by atoms with E-state index in [0.29, 0.717) is 41.4 Å². The van der Waals surface area contributed by atoms with Crippen molar-refractivity contribution in [2.45, 2.75) is 91.6 Å². The first-order valence-corrected chi connectivity index (χ1v) is 12.6. The molecule has 0 spiro atoms. The number of hydrogen-bond donors (Lipinski definition) is 0. The molecule has 174 valence electrons. The number of fused-ring (bicyclic) bond motifs is 5. The van der Waals surface area contributed by atoms with Gasteiger partial charge in [0.1, 0.15) is 6.10 Å². The van der Waals surface area contributed by atoms with Gasteiger partial charge < -0.3 is 9.47 Å². The summed E-state index contributed by atoms with van der Waals surface area (Å²) >= 11 is 0.